The molecule has 0 aliphatic heterocycles. The fourth-order valence-corrected chi connectivity index (χ4v) is 2.55. The van der Waals surface area contributed by atoms with Crippen molar-refractivity contribution in [1.82, 2.24) is 24.6 Å². The zero-order valence-electron chi connectivity index (χ0n) is 12.8. The van der Waals surface area contributed by atoms with Crippen molar-refractivity contribution in [2.75, 3.05) is 6.61 Å². The largest absolute Gasteiger partial charge is 0.478 e. The van der Waals surface area contributed by atoms with Crippen molar-refractivity contribution in [1.29, 1.82) is 0 Å². The van der Waals surface area contributed by atoms with E-state index in [4.69, 9.17) is 9.15 Å². The lowest BCUT2D eigenvalue weighted by Crippen LogP contribution is -2.09. The molecule has 0 saturated heterocycles. The van der Waals surface area contributed by atoms with Gasteiger partial charge in [0, 0.05) is 17.6 Å². The van der Waals surface area contributed by atoms with Gasteiger partial charge in [-0.1, -0.05) is 0 Å². The summed E-state index contributed by atoms with van der Waals surface area (Å²) in [6.07, 6.45) is -1.91. The Bertz CT molecular complexity index is 1060. The molecule has 4 aromatic rings. The standard InChI is InChI=1S/C15H10F3N5O2/c1-2-24-12-5-9(15(16,17)18)8-3-4-11-20-10(14-22-19-7-25-14)6-23(11)13(8)21-12/h3-7H,2H2,1H3. The number of rotatable bonds is 3. The van der Waals surface area contributed by atoms with Crippen molar-refractivity contribution in [3.8, 4) is 17.5 Å². The summed E-state index contributed by atoms with van der Waals surface area (Å²) in [6, 6.07) is 3.70. The molecule has 0 aromatic carbocycles. The molecule has 128 valence electrons. The molecular weight excluding hydrogens is 339 g/mol. The molecule has 0 bridgehead atoms. The molecule has 0 unspecified atom stereocenters. The Morgan fingerprint density at radius 1 is 1.24 bits per heavy atom. The second kappa shape index (κ2) is 5.43. The Morgan fingerprint density at radius 2 is 2.08 bits per heavy atom. The van der Waals surface area contributed by atoms with Crippen LogP contribution in [0, 0.1) is 0 Å². The number of nitrogens with zero attached hydrogens (tertiary/aromatic N) is 5. The fourth-order valence-electron chi connectivity index (χ4n) is 2.55. The van der Waals surface area contributed by atoms with Gasteiger partial charge < -0.3 is 9.15 Å². The first-order chi connectivity index (χ1) is 12.0. The van der Waals surface area contributed by atoms with E-state index in [1.54, 1.807) is 6.92 Å². The third-order valence-electron chi connectivity index (χ3n) is 3.55. The van der Waals surface area contributed by atoms with Crippen LogP contribution in [0.1, 0.15) is 12.5 Å². The molecule has 0 N–H and O–H groups in total. The number of hydrogen-bond donors (Lipinski definition) is 0. The van der Waals surface area contributed by atoms with Gasteiger partial charge in [0.25, 0.3) is 5.89 Å². The fraction of sp³-hybridized carbons (Fsp3) is 0.200. The molecule has 0 saturated carbocycles. The first kappa shape index (κ1) is 15.4. The highest BCUT2D eigenvalue weighted by molar-refractivity contribution is 5.83. The van der Waals surface area contributed by atoms with Crippen molar-refractivity contribution in [3.63, 3.8) is 0 Å². The average Bonchev–Trinajstić information content (AvgIpc) is 3.22. The predicted octanol–water partition coefficient (Wildman–Crippen LogP) is 3.35. The van der Waals surface area contributed by atoms with Crippen LogP contribution in [0.4, 0.5) is 13.2 Å². The number of imidazole rings is 1. The Hall–Kier alpha value is -3.17. The summed E-state index contributed by atoms with van der Waals surface area (Å²) < 4.78 is 52.0. The summed E-state index contributed by atoms with van der Waals surface area (Å²) in [5.41, 5.74) is -0.0120. The van der Waals surface area contributed by atoms with E-state index >= 15 is 0 Å². The maximum Gasteiger partial charge on any atom is 0.417 e. The number of ether oxygens (including phenoxy) is 1. The number of aromatic nitrogens is 5. The van der Waals surface area contributed by atoms with Crippen LogP contribution in [0.3, 0.4) is 0 Å². The SMILES string of the molecule is CCOc1cc(C(F)(F)F)c2ccc3nc(-c4nnco4)cn3c2n1. The van der Waals surface area contributed by atoms with Gasteiger partial charge >= 0.3 is 6.18 Å². The Kier molecular flexibility index (Phi) is 3.34. The van der Waals surface area contributed by atoms with Gasteiger partial charge in [0.05, 0.1) is 12.2 Å². The van der Waals surface area contributed by atoms with E-state index in [1.807, 2.05) is 0 Å². The predicted molar refractivity (Wildman–Crippen MR) is 80.0 cm³/mol. The van der Waals surface area contributed by atoms with Gasteiger partial charge in [0.2, 0.25) is 12.3 Å². The second-order valence-corrected chi connectivity index (χ2v) is 5.11. The van der Waals surface area contributed by atoms with Crippen LogP contribution >= 0.6 is 0 Å². The molecule has 4 rings (SSSR count). The maximum atomic E-state index is 13.4. The molecule has 7 nitrogen and oxygen atoms in total. The minimum absolute atomic E-state index is 0.0575. The van der Waals surface area contributed by atoms with Gasteiger partial charge in [0.1, 0.15) is 17.0 Å². The van der Waals surface area contributed by atoms with Gasteiger partial charge in [0.15, 0.2) is 0 Å². The van der Waals surface area contributed by atoms with Gasteiger partial charge in [-0.05, 0) is 19.1 Å². The van der Waals surface area contributed by atoms with E-state index in [0.717, 1.165) is 12.5 Å². The van der Waals surface area contributed by atoms with Crippen LogP contribution < -0.4 is 4.74 Å². The average molecular weight is 349 g/mol. The van der Waals surface area contributed by atoms with Crippen LogP contribution in [0.15, 0.2) is 35.2 Å². The van der Waals surface area contributed by atoms with Gasteiger partial charge in [-0.3, -0.25) is 4.40 Å². The smallest absolute Gasteiger partial charge is 0.417 e. The lowest BCUT2D eigenvalue weighted by Gasteiger charge is -2.13. The maximum absolute atomic E-state index is 13.4. The molecule has 25 heavy (non-hydrogen) atoms. The zero-order valence-corrected chi connectivity index (χ0v) is 12.8. The molecule has 0 aliphatic carbocycles. The molecule has 0 amide bonds. The number of pyridine rings is 2. The van der Waals surface area contributed by atoms with Gasteiger partial charge in [-0.15, -0.1) is 10.2 Å². The van der Waals surface area contributed by atoms with Gasteiger partial charge in [-0.25, -0.2) is 4.98 Å². The van der Waals surface area contributed by atoms with E-state index in [-0.39, 0.29) is 29.4 Å². The van der Waals surface area contributed by atoms with E-state index in [0.29, 0.717) is 11.3 Å². The molecule has 0 aliphatic rings. The van der Waals surface area contributed by atoms with E-state index in [1.165, 1.54) is 22.7 Å². The minimum Gasteiger partial charge on any atom is -0.478 e. The van der Waals surface area contributed by atoms with Crippen molar-refractivity contribution in [2.24, 2.45) is 0 Å². The molecule has 0 fully saturated rings. The van der Waals surface area contributed by atoms with Crippen molar-refractivity contribution >= 4 is 16.7 Å². The van der Waals surface area contributed by atoms with Crippen molar-refractivity contribution in [3.05, 3.63) is 36.4 Å². The first-order valence-electron chi connectivity index (χ1n) is 7.27. The highest BCUT2D eigenvalue weighted by Crippen LogP contribution is 2.36. The van der Waals surface area contributed by atoms with Crippen LogP contribution in [0.2, 0.25) is 0 Å². The summed E-state index contributed by atoms with van der Waals surface area (Å²) in [5, 5.41) is 7.26. The summed E-state index contributed by atoms with van der Waals surface area (Å²) in [4.78, 5) is 8.47. The third-order valence-corrected chi connectivity index (χ3v) is 3.55. The number of hydrogen-bond acceptors (Lipinski definition) is 6. The molecular formula is C15H10F3N5O2. The monoisotopic (exact) mass is 349 g/mol. The summed E-state index contributed by atoms with van der Waals surface area (Å²) >= 11 is 0. The van der Waals surface area contributed by atoms with Gasteiger partial charge in [-0.2, -0.15) is 18.2 Å². The van der Waals surface area contributed by atoms with Crippen molar-refractivity contribution < 1.29 is 22.3 Å². The molecule has 10 heteroatoms. The molecule has 4 heterocycles. The first-order valence-corrected chi connectivity index (χ1v) is 7.27. The number of fused-ring (bicyclic) bond motifs is 3. The van der Waals surface area contributed by atoms with Crippen LogP contribution in [0.25, 0.3) is 28.3 Å². The topological polar surface area (TPSA) is 78.3 Å². The Balaban J connectivity index is 2.03. The normalized spacial score (nSPS) is 12.2. The Labute approximate surface area is 138 Å². The minimum atomic E-state index is -4.55. The van der Waals surface area contributed by atoms with E-state index in [2.05, 4.69) is 20.2 Å². The van der Waals surface area contributed by atoms with Crippen LogP contribution in [0.5, 0.6) is 5.88 Å². The zero-order chi connectivity index (χ0) is 17.6. The number of halogens is 3. The highest BCUT2D eigenvalue weighted by Gasteiger charge is 2.34. The summed E-state index contributed by atoms with van der Waals surface area (Å²) in [6.45, 7) is 1.87. The third kappa shape index (κ3) is 2.55. The number of alkyl halides is 3. The lowest BCUT2D eigenvalue weighted by molar-refractivity contribution is -0.136. The molecule has 0 radical (unpaired) electrons. The molecule has 0 atom stereocenters. The second-order valence-electron chi connectivity index (χ2n) is 5.11. The van der Waals surface area contributed by atoms with Crippen LogP contribution in [-0.2, 0) is 6.18 Å². The lowest BCUT2D eigenvalue weighted by atomic mass is 10.1. The molecule has 4 aromatic heterocycles. The summed E-state index contributed by atoms with van der Waals surface area (Å²) in [5.74, 6) is 0.0525. The highest BCUT2D eigenvalue weighted by atomic mass is 19.4. The van der Waals surface area contributed by atoms with E-state index in [9.17, 15) is 13.2 Å². The summed E-state index contributed by atoms with van der Waals surface area (Å²) in [7, 11) is 0. The van der Waals surface area contributed by atoms with E-state index < -0.39 is 11.7 Å². The van der Waals surface area contributed by atoms with Crippen molar-refractivity contribution in [2.45, 2.75) is 13.1 Å². The Morgan fingerprint density at radius 3 is 2.76 bits per heavy atom. The quantitative estimate of drug-likeness (QED) is 0.564. The molecule has 0 spiro atoms. The van der Waals surface area contributed by atoms with Crippen LogP contribution in [-0.4, -0.2) is 31.2 Å².